The number of rotatable bonds is 6. The number of piperidine rings is 1. The summed E-state index contributed by atoms with van der Waals surface area (Å²) in [7, 11) is 1.77. The lowest BCUT2D eigenvalue weighted by Gasteiger charge is -2.45. The molecule has 2 saturated heterocycles. The van der Waals surface area contributed by atoms with E-state index in [0.717, 1.165) is 19.5 Å². The van der Waals surface area contributed by atoms with Gasteiger partial charge in [-0.25, -0.2) is 4.98 Å². The van der Waals surface area contributed by atoms with E-state index in [1.54, 1.807) is 25.4 Å². The molecule has 1 amide bonds. The quantitative estimate of drug-likeness (QED) is 0.769. The monoisotopic (exact) mass is 376 g/mol. The number of nitrogens with zero attached hydrogens (tertiary/aromatic N) is 3. The molecular weight excluding hydrogens is 348 g/mol. The average Bonchev–Trinajstić information content (AvgIpc) is 2.72. The SMILES string of the molecule is CNc1cc(C(=O)N2CC[C@H](N3CCOCC3)[C@H](CCC(=O)O)C2)ccn1. The molecule has 8 nitrogen and oxygen atoms in total. The molecule has 0 unspecified atom stereocenters. The molecule has 148 valence electrons. The normalized spacial score (nSPS) is 23.8. The van der Waals surface area contributed by atoms with E-state index in [-0.39, 0.29) is 18.2 Å². The van der Waals surface area contributed by atoms with E-state index in [0.29, 0.717) is 50.1 Å². The number of aromatic nitrogens is 1. The van der Waals surface area contributed by atoms with Crippen LogP contribution in [0.3, 0.4) is 0 Å². The summed E-state index contributed by atoms with van der Waals surface area (Å²) in [5, 5.41) is 12.1. The highest BCUT2D eigenvalue weighted by atomic mass is 16.5. The van der Waals surface area contributed by atoms with Crippen LogP contribution in [0, 0.1) is 5.92 Å². The molecule has 27 heavy (non-hydrogen) atoms. The lowest BCUT2D eigenvalue weighted by atomic mass is 9.86. The van der Waals surface area contributed by atoms with Crippen LogP contribution >= 0.6 is 0 Å². The Balaban J connectivity index is 1.71. The maximum absolute atomic E-state index is 13.0. The molecule has 1 aromatic rings. The first kappa shape index (κ1) is 19.6. The molecule has 0 aliphatic carbocycles. The van der Waals surface area contributed by atoms with Crippen LogP contribution in [0.5, 0.6) is 0 Å². The standard InChI is InChI=1S/C19H28N4O4/c1-20-17-12-14(4-6-21-17)19(26)23-7-5-16(22-8-10-27-11-9-22)15(13-23)2-3-18(24)25/h4,6,12,15-16H,2-3,5,7-11,13H2,1H3,(H,20,21)(H,24,25)/t15-,16+/m1/s1. The molecular formula is C19H28N4O4. The van der Waals surface area contributed by atoms with Gasteiger partial charge in [-0.15, -0.1) is 0 Å². The fourth-order valence-electron chi connectivity index (χ4n) is 4.07. The van der Waals surface area contributed by atoms with E-state index in [9.17, 15) is 9.59 Å². The van der Waals surface area contributed by atoms with Crippen LogP contribution in [-0.4, -0.2) is 84.2 Å². The molecule has 8 heteroatoms. The Hall–Kier alpha value is -2.19. The minimum atomic E-state index is -0.785. The number of carbonyl (C=O) groups is 2. The lowest BCUT2D eigenvalue weighted by Crippen LogP contribution is -2.55. The van der Waals surface area contributed by atoms with E-state index < -0.39 is 5.97 Å². The molecule has 1 aromatic heterocycles. The van der Waals surface area contributed by atoms with Crippen molar-refractivity contribution < 1.29 is 19.4 Å². The number of morpholine rings is 1. The van der Waals surface area contributed by atoms with Crippen LogP contribution in [0.2, 0.25) is 0 Å². The van der Waals surface area contributed by atoms with Gasteiger partial charge in [0, 0.05) is 57.4 Å². The molecule has 3 heterocycles. The first-order valence-corrected chi connectivity index (χ1v) is 9.55. The highest BCUT2D eigenvalue weighted by Crippen LogP contribution is 2.28. The third-order valence-corrected chi connectivity index (χ3v) is 5.49. The molecule has 0 saturated carbocycles. The molecule has 0 radical (unpaired) electrons. The van der Waals surface area contributed by atoms with Crippen molar-refractivity contribution in [2.75, 3.05) is 51.8 Å². The van der Waals surface area contributed by atoms with Gasteiger partial charge in [0.1, 0.15) is 5.82 Å². The summed E-state index contributed by atoms with van der Waals surface area (Å²) in [4.78, 5) is 32.5. The number of hydrogen-bond acceptors (Lipinski definition) is 6. The third-order valence-electron chi connectivity index (χ3n) is 5.49. The van der Waals surface area contributed by atoms with Gasteiger partial charge < -0.3 is 20.1 Å². The molecule has 2 N–H and O–H groups in total. The predicted octanol–water partition coefficient (Wildman–Crippen LogP) is 1.15. The smallest absolute Gasteiger partial charge is 0.303 e. The summed E-state index contributed by atoms with van der Waals surface area (Å²) >= 11 is 0. The number of carboxylic acid groups (broad SMARTS) is 1. The Kier molecular flexibility index (Phi) is 6.63. The number of carboxylic acids is 1. The number of hydrogen-bond donors (Lipinski definition) is 2. The average molecular weight is 376 g/mol. The summed E-state index contributed by atoms with van der Waals surface area (Å²) in [5.74, 6) is 0.00983. The zero-order valence-electron chi connectivity index (χ0n) is 15.8. The van der Waals surface area contributed by atoms with Gasteiger partial charge in [-0.1, -0.05) is 0 Å². The fourth-order valence-corrected chi connectivity index (χ4v) is 4.07. The highest BCUT2D eigenvalue weighted by molar-refractivity contribution is 5.94. The van der Waals surface area contributed by atoms with Crippen LogP contribution in [0.15, 0.2) is 18.3 Å². The van der Waals surface area contributed by atoms with E-state index in [4.69, 9.17) is 9.84 Å². The van der Waals surface area contributed by atoms with Crippen molar-refractivity contribution in [1.82, 2.24) is 14.8 Å². The summed E-state index contributed by atoms with van der Waals surface area (Å²) in [5.41, 5.74) is 0.608. The van der Waals surface area contributed by atoms with Crippen LogP contribution in [-0.2, 0) is 9.53 Å². The van der Waals surface area contributed by atoms with Crippen molar-refractivity contribution in [3.63, 3.8) is 0 Å². The number of aliphatic carboxylic acids is 1. The fraction of sp³-hybridized carbons (Fsp3) is 0.632. The van der Waals surface area contributed by atoms with Crippen molar-refractivity contribution in [3.05, 3.63) is 23.9 Å². The van der Waals surface area contributed by atoms with E-state index in [1.165, 1.54) is 0 Å². The largest absolute Gasteiger partial charge is 0.481 e. The number of pyridine rings is 1. The minimum Gasteiger partial charge on any atom is -0.481 e. The summed E-state index contributed by atoms with van der Waals surface area (Å²) in [6.07, 6.45) is 3.20. The van der Waals surface area contributed by atoms with E-state index in [2.05, 4.69) is 15.2 Å². The number of likely N-dealkylation sites (tertiary alicyclic amines) is 1. The van der Waals surface area contributed by atoms with Gasteiger partial charge in [0.15, 0.2) is 0 Å². The first-order valence-electron chi connectivity index (χ1n) is 9.55. The van der Waals surface area contributed by atoms with Crippen LogP contribution < -0.4 is 5.32 Å². The van der Waals surface area contributed by atoms with Gasteiger partial charge in [-0.3, -0.25) is 14.5 Å². The van der Waals surface area contributed by atoms with Gasteiger partial charge >= 0.3 is 5.97 Å². The molecule has 2 fully saturated rings. The lowest BCUT2D eigenvalue weighted by molar-refractivity contribution is -0.137. The van der Waals surface area contributed by atoms with Gasteiger partial charge in [0.2, 0.25) is 0 Å². The Bertz CT molecular complexity index is 663. The maximum atomic E-state index is 13.0. The molecule has 2 aliphatic rings. The van der Waals surface area contributed by atoms with Gasteiger partial charge in [-0.2, -0.15) is 0 Å². The predicted molar refractivity (Wildman–Crippen MR) is 101 cm³/mol. The zero-order chi connectivity index (χ0) is 19.2. The van der Waals surface area contributed by atoms with Crippen molar-refractivity contribution in [2.24, 2.45) is 5.92 Å². The first-order chi connectivity index (χ1) is 13.1. The summed E-state index contributed by atoms with van der Waals surface area (Å²) < 4.78 is 5.45. The second kappa shape index (κ2) is 9.14. The Morgan fingerprint density at radius 1 is 1.33 bits per heavy atom. The van der Waals surface area contributed by atoms with Crippen LogP contribution in [0.4, 0.5) is 5.82 Å². The number of amides is 1. The molecule has 0 spiro atoms. The van der Waals surface area contributed by atoms with Gasteiger partial charge in [-0.05, 0) is 30.9 Å². The van der Waals surface area contributed by atoms with Crippen molar-refractivity contribution in [1.29, 1.82) is 0 Å². The van der Waals surface area contributed by atoms with Gasteiger partial charge in [0.05, 0.1) is 13.2 Å². The molecule has 0 aromatic carbocycles. The minimum absolute atomic E-state index is 0.0188. The topological polar surface area (TPSA) is 95.0 Å². The number of anilines is 1. The second-order valence-electron chi connectivity index (χ2n) is 7.13. The van der Waals surface area contributed by atoms with Crippen LogP contribution in [0.25, 0.3) is 0 Å². The molecule has 0 bridgehead atoms. The van der Waals surface area contributed by atoms with Crippen LogP contribution in [0.1, 0.15) is 29.6 Å². The van der Waals surface area contributed by atoms with E-state index in [1.807, 2.05) is 4.90 Å². The summed E-state index contributed by atoms with van der Waals surface area (Å²) in [6.45, 7) is 4.45. The number of carbonyl (C=O) groups excluding carboxylic acids is 1. The maximum Gasteiger partial charge on any atom is 0.303 e. The third kappa shape index (κ3) is 4.95. The Morgan fingerprint density at radius 2 is 2.11 bits per heavy atom. The Morgan fingerprint density at radius 3 is 2.81 bits per heavy atom. The van der Waals surface area contributed by atoms with Crippen molar-refractivity contribution in [2.45, 2.75) is 25.3 Å². The molecule has 2 atom stereocenters. The van der Waals surface area contributed by atoms with Gasteiger partial charge in [0.25, 0.3) is 5.91 Å². The highest BCUT2D eigenvalue weighted by Gasteiger charge is 2.35. The summed E-state index contributed by atoms with van der Waals surface area (Å²) in [6, 6.07) is 3.79. The molecule has 3 rings (SSSR count). The number of nitrogens with one attached hydrogen (secondary N) is 1. The van der Waals surface area contributed by atoms with Crippen molar-refractivity contribution in [3.8, 4) is 0 Å². The van der Waals surface area contributed by atoms with E-state index >= 15 is 0 Å². The Labute approximate surface area is 159 Å². The molecule has 2 aliphatic heterocycles. The number of ether oxygens (including phenoxy) is 1. The second-order valence-corrected chi connectivity index (χ2v) is 7.13. The van der Waals surface area contributed by atoms with Crippen molar-refractivity contribution >= 4 is 17.7 Å². The zero-order valence-corrected chi connectivity index (χ0v) is 15.8.